The highest BCUT2D eigenvalue weighted by molar-refractivity contribution is 6.00. The lowest BCUT2D eigenvalue weighted by Gasteiger charge is -2.14. The Balaban J connectivity index is 2.27. The molecule has 0 N–H and O–H groups in total. The predicted molar refractivity (Wildman–Crippen MR) is 93.5 cm³/mol. The molecule has 0 saturated carbocycles. The molecule has 2 aromatic carbocycles. The number of fused-ring (bicyclic) bond motifs is 1. The quantitative estimate of drug-likeness (QED) is 0.643. The molecular formula is C20H21NO2. The molecular weight excluding hydrogens is 286 g/mol. The molecule has 1 aromatic heterocycles. The fourth-order valence-electron chi connectivity index (χ4n) is 3.19. The molecule has 0 aliphatic rings. The third-order valence-corrected chi connectivity index (χ3v) is 4.20. The lowest BCUT2D eigenvalue weighted by molar-refractivity contribution is 0.112. The van der Waals surface area contributed by atoms with Gasteiger partial charge in [-0.1, -0.05) is 44.2 Å². The molecule has 118 valence electrons. The SMILES string of the molecule is COc1ccc2c(C=O)c(C(C)C)n(Cc3ccccc3)c2c1. The van der Waals surface area contributed by atoms with Gasteiger partial charge in [0.25, 0.3) is 0 Å². The smallest absolute Gasteiger partial charge is 0.152 e. The molecule has 0 aliphatic carbocycles. The van der Waals surface area contributed by atoms with Gasteiger partial charge in [-0.05, 0) is 23.6 Å². The van der Waals surface area contributed by atoms with Crippen LogP contribution in [0.1, 0.15) is 41.4 Å². The van der Waals surface area contributed by atoms with Gasteiger partial charge >= 0.3 is 0 Å². The molecule has 0 spiro atoms. The van der Waals surface area contributed by atoms with Gasteiger partial charge in [-0.25, -0.2) is 0 Å². The molecule has 3 aromatic rings. The molecule has 23 heavy (non-hydrogen) atoms. The van der Waals surface area contributed by atoms with Gasteiger partial charge in [0.2, 0.25) is 0 Å². The normalized spacial score (nSPS) is 11.1. The lowest BCUT2D eigenvalue weighted by Crippen LogP contribution is -2.07. The molecule has 0 bridgehead atoms. The molecule has 0 atom stereocenters. The van der Waals surface area contributed by atoms with Crippen molar-refractivity contribution < 1.29 is 9.53 Å². The molecule has 3 heteroatoms. The van der Waals surface area contributed by atoms with Crippen LogP contribution in [0.4, 0.5) is 0 Å². The first-order chi connectivity index (χ1) is 11.2. The standard InChI is InChI=1S/C20H21NO2/c1-14(2)20-18(13-22)17-10-9-16(23-3)11-19(17)21(20)12-15-7-5-4-6-8-15/h4-11,13-14H,12H2,1-3H3. The number of methoxy groups -OCH3 is 1. The van der Waals surface area contributed by atoms with E-state index >= 15 is 0 Å². The molecule has 1 heterocycles. The van der Waals surface area contributed by atoms with Gasteiger partial charge in [0.15, 0.2) is 6.29 Å². The molecule has 0 fully saturated rings. The Morgan fingerprint density at radius 2 is 1.87 bits per heavy atom. The van der Waals surface area contributed by atoms with Crippen molar-refractivity contribution in [3.05, 3.63) is 65.4 Å². The second-order valence-electron chi connectivity index (χ2n) is 6.03. The zero-order valence-electron chi connectivity index (χ0n) is 13.7. The number of carbonyl (C=O) groups is 1. The highest BCUT2D eigenvalue weighted by Gasteiger charge is 2.19. The van der Waals surface area contributed by atoms with E-state index in [1.807, 2.05) is 36.4 Å². The Bertz CT molecular complexity index is 832. The minimum atomic E-state index is 0.261. The first kappa shape index (κ1) is 15.3. The molecule has 0 unspecified atom stereocenters. The molecule has 0 radical (unpaired) electrons. The van der Waals surface area contributed by atoms with Gasteiger partial charge in [-0.3, -0.25) is 4.79 Å². The Kier molecular flexibility index (Phi) is 4.20. The van der Waals surface area contributed by atoms with E-state index in [9.17, 15) is 4.79 Å². The number of aromatic nitrogens is 1. The second kappa shape index (κ2) is 6.29. The van der Waals surface area contributed by atoms with Crippen molar-refractivity contribution in [3.63, 3.8) is 0 Å². The van der Waals surface area contributed by atoms with Crippen molar-refractivity contribution in [2.45, 2.75) is 26.3 Å². The van der Waals surface area contributed by atoms with E-state index in [1.54, 1.807) is 7.11 Å². The third-order valence-electron chi connectivity index (χ3n) is 4.20. The third kappa shape index (κ3) is 2.74. The monoisotopic (exact) mass is 307 g/mol. The second-order valence-corrected chi connectivity index (χ2v) is 6.03. The fraction of sp³-hybridized carbons (Fsp3) is 0.250. The maximum Gasteiger partial charge on any atom is 0.152 e. The van der Waals surface area contributed by atoms with Gasteiger partial charge in [-0.15, -0.1) is 0 Å². The average Bonchev–Trinajstić information content (AvgIpc) is 2.88. The van der Waals surface area contributed by atoms with Crippen LogP contribution in [0, 0.1) is 0 Å². The van der Waals surface area contributed by atoms with Gasteiger partial charge in [0, 0.05) is 29.3 Å². The van der Waals surface area contributed by atoms with Crippen molar-refractivity contribution in [2.75, 3.05) is 7.11 Å². The number of hydrogen-bond acceptors (Lipinski definition) is 2. The van der Waals surface area contributed by atoms with Crippen molar-refractivity contribution >= 4 is 17.2 Å². The highest BCUT2D eigenvalue weighted by Crippen LogP contribution is 2.33. The summed E-state index contributed by atoms with van der Waals surface area (Å²) >= 11 is 0. The number of benzene rings is 2. The van der Waals surface area contributed by atoms with Crippen LogP contribution >= 0.6 is 0 Å². The van der Waals surface area contributed by atoms with E-state index < -0.39 is 0 Å². The zero-order chi connectivity index (χ0) is 16.4. The number of ether oxygens (including phenoxy) is 1. The number of rotatable bonds is 5. The van der Waals surface area contributed by atoms with Crippen LogP contribution in [0.25, 0.3) is 10.9 Å². The molecule has 0 amide bonds. The van der Waals surface area contributed by atoms with Crippen LogP contribution in [0.5, 0.6) is 5.75 Å². The van der Waals surface area contributed by atoms with E-state index in [0.717, 1.165) is 40.7 Å². The topological polar surface area (TPSA) is 31.2 Å². The van der Waals surface area contributed by atoms with Crippen molar-refractivity contribution in [3.8, 4) is 5.75 Å². The van der Waals surface area contributed by atoms with E-state index in [0.29, 0.717) is 0 Å². The Labute approximate surface area is 136 Å². The van der Waals surface area contributed by atoms with Gasteiger partial charge in [-0.2, -0.15) is 0 Å². The summed E-state index contributed by atoms with van der Waals surface area (Å²) in [5.74, 6) is 1.06. The van der Waals surface area contributed by atoms with Crippen LogP contribution in [0.3, 0.4) is 0 Å². The van der Waals surface area contributed by atoms with Crippen LogP contribution in [0.2, 0.25) is 0 Å². The van der Waals surface area contributed by atoms with E-state index in [-0.39, 0.29) is 5.92 Å². The van der Waals surface area contributed by atoms with Crippen molar-refractivity contribution in [2.24, 2.45) is 0 Å². The number of carbonyl (C=O) groups excluding carboxylic acids is 1. The van der Waals surface area contributed by atoms with E-state index in [2.05, 4.69) is 30.5 Å². The molecule has 3 nitrogen and oxygen atoms in total. The summed E-state index contributed by atoms with van der Waals surface area (Å²) in [4.78, 5) is 11.7. The van der Waals surface area contributed by atoms with E-state index in [4.69, 9.17) is 4.74 Å². The lowest BCUT2D eigenvalue weighted by atomic mass is 10.0. The minimum Gasteiger partial charge on any atom is -0.497 e. The van der Waals surface area contributed by atoms with Crippen LogP contribution in [-0.4, -0.2) is 18.0 Å². The van der Waals surface area contributed by atoms with Crippen molar-refractivity contribution in [1.29, 1.82) is 0 Å². The maximum absolute atomic E-state index is 11.7. The summed E-state index contributed by atoms with van der Waals surface area (Å²) in [7, 11) is 1.66. The molecule has 0 aliphatic heterocycles. The first-order valence-electron chi connectivity index (χ1n) is 7.85. The Morgan fingerprint density at radius 3 is 2.48 bits per heavy atom. The molecule has 3 rings (SSSR count). The van der Waals surface area contributed by atoms with E-state index in [1.165, 1.54) is 5.56 Å². The van der Waals surface area contributed by atoms with Gasteiger partial charge < -0.3 is 9.30 Å². The summed E-state index contributed by atoms with van der Waals surface area (Å²) in [6, 6.07) is 16.2. The minimum absolute atomic E-state index is 0.261. The Morgan fingerprint density at radius 1 is 1.13 bits per heavy atom. The van der Waals surface area contributed by atoms with Crippen LogP contribution < -0.4 is 4.74 Å². The van der Waals surface area contributed by atoms with Crippen LogP contribution in [0.15, 0.2) is 48.5 Å². The number of aldehydes is 1. The Hall–Kier alpha value is -2.55. The van der Waals surface area contributed by atoms with Crippen LogP contribution in [-0.2, 0) is 6.54 Å². The van der Waals surface area contributed by atoms with Gasteiger partial charge in [0.05, 0.1) is 12.6 Å². The van der Waals surface area contributed by atoms with Crippen molar-refractivity contribution in [1.82, 2.24) is 4.57 Å². The summed E-state index contributed by atoms with van der Waals surface area (Å²) in [5, 5.41) is 0.987. The summed E-state index contributed by atoms with van der Waals surface area (Å²) in [5.41, 5.74) is 4.12. The number of nitrogens with zero attached hydrogens (tertiary/aromatic N) is 1. The highest BCUT2D eigenvalue weighted by atomic mass is 16.5. The summed E-state index contributed by atoms with van der Waals surface area (Å²) < 4.78 is 7.61. The average molecular weight is 307 g/mol. The molecule has 0 saturated heterocycles. The summed E-state index contributed by atoms with van der Waals surface area (Å²) in [6.07, 6.45) is 0.978. The fourth-order valence-corrected chi connectivity index (χ4v) is 3.19. The maximum atomic E-state index is 11.7. The first-order valence-corrected chi connectivity index (χ1v) is 7.85. The summed E-state index contributed by atoms with van der Waals surface area (Å²) in [6.45, 7) is 4.99. The largest absolute Gasteiger partial charge is 0.497 e. The number of hydrogen-bond donors (Lipinski definition) is 0. The van der Waals surface area contributed by atoms with Gasteiger partial charge in [0.1, 0.15) is 5.75 Å². The predicted octanol–water partition coefficient (Wildman–Crippen LogP) is 4.63. The zero-order valence-corrected chi connectivity index (χ0v) is 13.7.